The Morgan fingerprint density at radius 1 is 0.818 bits per heavy atom. The summed E-state index contributed by atoms with van der Waals surface area (Å²) >= 11 is 0. The third kappa shape index (κ3) is 16.6. The van der Waals surface area contributed by atoms with Crippen molar-refractivity contribution in [1.82, 2.24) is 4.90 Å². The van der Waals surface area contributed by atoms with Crippen LogP contribution < -0.4 is 0 Å². The predicted molar refractivity (Wildman–Crippen MR) is 94.9 cm³/mol. The molecule has 0 saturated heterocycles. The van der Waals surface area contributed by atoms with Gasteiger partial charge in [-0.3, -0.25) is 9.59 Å². The molecule has 0 saturated carbocycles. The molecule has 0 rings (SSSR count). The van der Waals surface area contributed by atoms with Gasteiger partial charge in [0.2, 0.25) is 5.91 Å². The Labute approximate surface area is 166 Å². The van der Waals surface area contributed by atoms with E-state index in [1.807, 2.05) is 0 Å². The van der Waals surface area contributed by atoms with Gasteiger partial charge in [0.05, 0.1) is 0 Å². The number of carboxylic acids is 1. The number of carboxylic acid groups (broad SMARTS) is 1. The summed E-state index contributed by atoms with van der Waals surface area (Å²) in [5.74, 6) is -1.02. The second-order valence-electron chi connectivity index (χ2n) is 5.93. The second-order valence-corrected chi connectivity index (χ2v) is 5.93. The summed E-state index contributed by atoms with van der Waals surface area (Å²) in [5.41, 5.74) is 0. The maximum absolute atomic E-state index is 11.6. The SMILES string of the molecule is CCCCCCCCCCCCCC(=O)N(C)CC(=O)O.[CaH2]. The summed E-state index contributed by atoms with van der Waals surface area (Å²) in [5, 5.41) is 8.60. The Kier molecular flexibility index (Phi) is 19.5. The number of aliphatic carboxylic acids is 1. The molecule has 1 amide bonds. The molecule has 4 nitrogen and oxygen atoms in total. The quantitative estimate of drug-likeness (QED) is 0.389. The van der Waals surface area contributed by atoms with E-state index in [0.29, 0.717) is 6.42 Å². The minimum atomic E-state index is -0.954. The summed E-state index contributed by atoms with van der Waals surface area (Å²) in [6.45, 7) is 2.04. The van der Waals surface area contributed by atoms with Gasteiger partial charge in [-0.1, -0.05) is 71.1 Å². The van der Waals surface area contributed by atoms with Gasteiger partial charge in [0.15, 0.2) is 0 Å². The molecular formula is C17H35CaNO3. The van der Waals surface area contributed by atoms with Crippen molar-refractivity contribution in [3.63, 3.8) is 0 Å². The van der Waals surface area contributed by atoms with E-state index in [4.69, 9.17) is 5.11 Å². The van der Waals surface area contributed by atoms with Gasteiger partial charge in [-0.25, -0.2) is 0 Å². The molecule has 0 aromatic heterocycles. The van der Waals surface area contributed by atoms with Crippen molar-refractivity contribution in [2.75, 3.05) is 13.6 Å². The first-order valence-corrected chi connectivity index (χ1v) is 8.53. The van der Waals surface area contributed by atoms with E-state index in [2.05, 4.69) is 6.92 Å². The number of unbranched alkanes of at least 4 members (excludes halogenated alkanes) is 10. The maximum atomic E-state index is 11.6. The van der Waals surface area contributed by atoms with E-state index in [1.165, 1.54) is 62.7 Å². The van der Waals surface area contributed by atoms with Crippen LogP contribution in [0.5, 0.6) is 0 Å². The van der Waals surface area contributed by atoms with E-state index in [1.54, 1.807) is 7.05 Å². The van der Waals surface area contributed by atoms with Crippen molar-refractivity contribution in [3.05, 3.63) is 0 Å². The summed E-state index contributed by atoms with van der Waals surface area (Å²) in [6.07, 6.45) is 14.3. The fraction of sp³-hybridized carbons (Fsp3) is 0.882. The van der Waals surface area contributed by atoms with Crippen LogP contribution in [0.15, 0.2) is 0 Å². The first-order valence-electron chi connectivity index (χ1n) is 8.53. The molecule has 0 radical (unpaired) electrons. The molecule has 0 aromatic carbocycles. The van der Waals surface area contributed by atoms with E-state index in [-0.39, 0.29) is 50.2 Å². The van der Waals surface area contributed by atoms with Gasteiger partial charge in [-0.2, -0.15) is 0 Å². The first-order chi connectivity index (χ1) is 10.1. The second kappa shape index (κ2) is 17.6. The van der Waals surface area contributed by atoms with Crippen molar-refractivity contribution in [1.29, 1.82) is 0 Å². The van der Waals surface area contributed by atoms with Crippen molar-refractivity contribution < 1.29 is 14.7 Å². The monoisotopic (exact) mass is 341 g/mol. The van der Waals surface area contributed by atoms with Crippen LogP contribution in [-0.2, 0) is 9.59 Å². The molecule has 0 aliphatic rings. The molecule has 0 aliphatic heterocycles. The molecule has 0 aliphatic carbocycles. The van der Waals surface area contributed by atoms with E-state index >= 15 is 0 Å². The molecule has 0 fully saturated rings. The van der Waals surface area contributed by atoms with Gasteiger partial charge in [-0.15, -0.1) is 0 Å². The molecule has 1 N–H and O–H groups in total. The van der Waals surface area contributed by atoms with Crippen LogP contribution in [0.3, 0.4) is 0 Å². The number of likely N-dealkylation sites (N-methyl/N-ethyl adjacent to an activating group) is 1. The van der Waals surface area contributed by atoms with Gasteiger partial charge in [0, 0.05) is 13.5 Å². The van der Waals surface area contributed by atoms with Gasteiger partial charge >= 0.3 is 43.7 Å². The number of hydrogen-bond acceptors (Lipinski definition) is 2. The molecule has 5 heteroatoms. The van der Waals surface area contributed by atoms with Crippen LogP contribution in [0.2, 0.25) is 0 Å². The third-order valence-electron chi connectivity index (χ3n) is 3.79. The van der Waals surface area contributed by atoms with Gasteiger partial charge in [0.25, 0.3) is 0 Å². The Hall–Kier alpha value is 0.200. The minimum absolute atomic E-state index is 0. The average Bonchev–Trinajstić information content (AvgIpc) is 2.43. The summed E-state index contributed by atoms with van der Waals surface area (Å²) in [6, 6.07) is 0. The van der Waals surface area contributed by atoms with Gasteiger partial charge in [-0.05, 0) is 6.42 Å². The molecule has 22 heavy (non-hydrogen) atoms. The number of hydrogen-bond donors (Lipinski definition) is 1. The van der Waals surface area contributed by atoms with E-state index in [9.17, 15) is 9.59 Å². The molecular weight excluding hydrogens is 306 g/mol. The van der Waals surface area contributed by atoms with Gasteiger partial charge in [0.1, 0.15) is 6.54 Å². The van der Waals surface area contributed by atoms with Crippen LogP contribution in [0.25, 0.3) is 0 Å². The molecule has 0 heterocycles. The molecule has 128 valence electrons. The van der Waals surface area contributed by atoms with Crippen LogP contribution in [0.4, 0.5) is 0 Å². The number of nitrogens with zero attached hydrogens (tertiary/aromatic N) is 1. The third-order valence-corrected chi connectivity index (χ3v) is 3.79. The number of rotatable bonds is 14. The van der Waals surface area contributed by atoms with Crippen molar-refractivity contribution in [2.45, 2.75) is 84.0 Å². The van der Waals surface area contributed by atoms with Crippen molar-refractivity contribution in [2.24, 2.45) is 0 Å². The zero-order chi connectivity index (χ0) is 15.9. The van der Waals surface area contributed by atoms with Crippen LogP contribution in [-0.4, -0.2) is 73.2 Å². The van der Waals surface area contributed by atoms with E-state index < -0.39 is 5.97 Å². The summed E-state index contributed by atoms with van der Waals surface area (Å²) < 4.78 is 0. The zero-order valence-electron chi connectivity index (χ0n) is 13.9. The fourth-order valence-corrected chi connectivity index (χ4v) is 2.42. The van der Waals surface area contributed by atoms with Crippen molar-refractivity contribution in [3.8, 4) is 0 Å². The Morgan fingerprint density at radius 3 is 1.64 bits per heavy atom. The predicted octanol–water partition coefficient (Wildman–Crippen LogP) is 3.31. The van der Waals surface area contributed by atoms with Crippen LogP contribution in [0.1, 0.15) is 84.0 Å². The number of carbonyl (C=O) groups is 2. The zero-order valence-corrected chi connectivity index (χ0v) is 13.9. The summed E-state index contributed by atoms with van der Waals surface area (Å²) in [4.78, 5) is 23.4. The average molecular weight is 342 g/mol. The molecule has 0 atom stereocenters. The first kappa shape index (κ1) is 24.5. The van der Waals surface area contributed by atoms with Gasteiger partial charge < -0.3 is 10.0 Å². The topological polar surface area (TPSA) is 57.6 Å². The molecule has 0 bridgehead atoms. The Morgan fingerprint density at radius 2 is 1.23 bits per heavy atom. The standard InChI is InChI=1S/C17H33NO3.Ca.2H/c1-3-4-5-6-7-8-9-10-11-12-13-14-16(19)18(2)15-17(20)21;;;/h3-15H2,1-2H3,(H,20,21);;;. The number of carbonyl (C=O) groups excluding carboxylic acids is 1. The summed E-state index contributed by atoms with van der Waals surface area (Å²) in [7, 11) is 1.55. The van der Waals surface area contributed by atoms with Crippen molar-refractivity contribution >= 4 is 49.6 Å². The Balaban J connectivity index is 0. The number of amides is 1. The van der Waals surface area contributed by atoms with E-state index in [0.717, 1.165) is 12.8 Å². The normalized spacial score (nSPS) is 10.1. The molecule has 0 aromatic rings. The molecule has 0 spiro atoms. The Bertz CT molecular complexity index is 285. The van der Waals surface area contributed by atoms with Crippen LogP contribution >= 0.6 is 0 Å². The fourth-order valence-electron chi connectivity index (χ4n) is 2.42. The van der Waals surface area contributed by atoms with Crippen LogP contribution in [0, 0.1) is 0 Å². The molecule has 0 unspecified atom stereocenters.